The Morgan fingerprint density at radius 1 is 1.19 bits per heavy atom. The number of hydrogen-bond donors (Lipinski definition) is 2. The Balaban J connectivity index is 0.00000106. The summed E-state index contributed by atoms with van der Waals surface area (Å²) in [7, 11) is 0. The molecular formula is C15H16ClNO4. The molecule has 0 saturated heterocycles. The van der Waals surface area contributed by atoms with E-state index in [1.165, 1.54) is 12.1 Å². The molecule has 5 nitrogen and oxygen atoms in total. The lowest BCUT2D eigenvalue weighted by Crippen LogP contribution is -2.01. The van der Waals surface area contributed by atoms with Gasteiger partial charge in [0, 0.05) is 18.1 Å². The minimum Gasteiger partial charge on any atom is -0.481 e. The highest BCUT2D eigenvalue weighted by Gasteiger charge is 2.10. The predicted molar refractivity (Wildman–Crippen MR) is 80.4 cm³/mol. The number of carboxylic acid groups (broad SMARTS) is 2. The Morgan fingerprint density at radius 3 is 2.43 bits per heavy atom. The maximum atomic E-state index is 11.0. The lowest BCUT2D eigenvalue weighted by Gasteiger charge is -2.05. The van der Waals surface area contributed by atoms with Crippen LogP contribution in [0.5, 0.6) is 0 Å². The van der Waals surface area contributed by atoms with Gasteiger partial charge < -0.3 is 14.8 Å². The first-order chi connectivity index (χ1) is 9.97. The molecule has 0 aliphatic rings. The summed E-state index contributed by atoms with van der Waals surface area (Å²) < 4.78 is 1.65. The fourth-order valence-electron chi connectivity index (χ4n) is 1.72. The van der Waals surface area contributed by atoms with Crippen LogP contribution in [0.25, 0.3) is 5.69 Å². The molecule has 0 radical (unpaired) electrons. The lowest BCUT2D eigenvalue weighted by molar-refractivity contribution is -0.136. The zero-order valence-corrected chi connectivity index (χ0v) is 12.5. The Morgan fingerprint density at radius 2 is 1.86 bits per heavy atom. The first-order valence-corrected chi connectivity index (χ1v) is 6.77. The predicted octanol–water partition coefficient (Wildman–Crippen LogP) is 3.48. The standard InChI is InChI=1S/C13H10ClNO4.C2H6/c14-11-2-1-9(6-10(11)13(18)19)15-4-3-8(7-15)5-12(16)17;1-2/h1-4,6-7H,5H2,(H,16,17)(H,18,19);1-2H3. The van der Waals surface area contributed by atoms with E-state index in [4.69, 9.17) is 21.8 Å². The van der Waals surface area contributed by atoms with Crippen LogP contribution in [0.1, 0.15) is 29.8 Å². The summed E-state index contributed by atoms with van der Waals surface area (Å²) in [5.74, 6) is -2.02. The van der Waals surface area contributed by atoms with Crippen molar-refractivity contribution in [2.45, 2.75) is 20.3 Å². The van der Waals surface area contributed by atoms with Gasteiger partial charge in [0.25, 0.3) is 0 Å². The molecule has 1 aromatic heterocycles. The summed E-state index contributed by atoms with van der Waals surface area (Å²) in [5, 5.41) is 17.8. The molecule has 6 heteroatoms. The maximum Gasteiger partial charge on any atom is 0.337 e. The number of aromatic carboxylic acids is 1. The van der Waals surface area contributed by atoms with Crippen molar-refractivity contribution in [2.75, 3.05) is 0 Å². The molecule has 1 aromatic carbocycles. The number of aromatic nitrogens is 1. The van der Waals surface area contributed by atoms with E-state index in [-0.39, 0.29) is 17.0 Å². The first kappa shape index (κ1) is 16.8. The molecule has 2 aromatic rings. The summed E-state index contributed by atoms with van der Waals surface area (Å²) >= 11 is 5.78. The van der Waals surface area contributed by atoms with Gasteiger partial charge in [-0.2, -0.15) is 0 Å². The molecule has 2 N–H and O–H groups in total. The maximum absolute atomic E-state index is 11.0. The van der Waals surface area contributed by atoms with Gasteiger partial charge in [-0.25, -0.2) is 4.79 Å². The number of hydrogen-bond acceptors (Lipinski definition) is 2. The molecule has 0 saturated carbocycles. The van der Waals surface area contributed by atoms with Gasteiger partial charge in [0.15, 0.2) is 0 Å². The van der Waals surface area contributed by atoms with E-state index >= 15 is 0 Å². The van der Waals surface area contributed by atoms with Gasteiger partial charge >= 0.3 is 11.9 Å². The Bertz CT molecular complexity index is 649. The largest absolute Gasteiger partial charge is 0.481 e. The van der Waals surface area contributed by atoms with E-state index in [2.05, 4.69) is 0 Å². The summed E-state index contributed by atoms with van der Waals surface area (Å²) in [4.78, 5) is 21.6. The van der Waals surface area contributed by atoms with Gasteiger partial charge in [-0.3, -0.25) is 4.79 Å². The van der Waals surface area contributed by atoms with Gasteiger partial charge in [0.1, 0.15) is 0 Å². The van der Waals surface area contributed by atoms with Crippen LogP contribution in [0.4, 0.5) is 0 Å². The topological polar surface area (TPSA) is 79.5 Å². The number of benzene rings is 1. The number of nitrogens with zero attached hydrogens (tertiary/aromatic N) is 1. The van der Waals surface area contributed by atoms with E-state index < -0.39 is 11.9 Å². The number of carbonyl (C=O) groups is 2. The highest BCUT2D eigenvalue weighted by Crippen LogP contribution is 2.20. The second-order valence-electron chi connectivity index (χ2n) is 3.97. The Labute approximate surface area is 127 Å². The molecule has 0 fully saturated rings. The molecule has 112 valence electrons. The average Bonchev–Trinajstić information content (AvgIpc) is 2.89. The smallest absolute Gasteiger partial charge is 0.337 e. The van der Waals surface area contributed by atoms with Crippen LogP contribution >= 0.6 is 11.6 Å². The number of rotatable bonds is 4. The van der Waals surface area contributed by atoms with Crippen molar-refractivity contribution in [3.05, 3.63) is 52.8 Å². The molecule has 1 heterocycles. The van der Waals surface area contributed by atoms with Gasteiger partial charge in [-0.15, -0.1) is 0 Å². The minimum atomic E-state index is -1.11. The van der Waals surface area contributed by atoms with E-state index in [9.17, 15) is 9.59 Å². The van der Waals surface area contributed by atoms with E-state index in [0.717, 1.165) is 0 Å². The van der Waals surface area contributed by atoms with Gasteiger partial charge in [0.2, 0.25) is 0 Å². The summed E-state index contributed by atoms with van der Waals surface area (Å²) in [6, 6.07) is 6.27. The van der Waals surface area contributed by atoms with Crippen molar-refractivity contribution >= 4 is 23.5 Å². The minimum absolute atomic E-state index is 0.00708. The zero-order valence-electron chi connectivity index (χ0n) is 11.7. The monoisotopic (exact) mass is 309 g/mol. The molecule has 0 spiro atoms. The number of aliphatic carboxylic acids is 1. The molecule has 0 aliphatic heterocycles. The summed E-state index contributed by atoms with van der Waals surface area (Å²) in [5.41, 5.74) is 1.26. The third kappa shape index (κ3) is 4.36. The molecule has 0 aliphatic carbocycles. The van der Waals surface area contributed by atoms with Crippen LogP contribution in [0, 0.1) is 0 Å². The number of halogens is 1. The van der Waals surface area contributed by atoms with Crippen molar-refractivity contribution in [3.8, 4) is 5.69 Å². The molecular weight excluding hydrogens is 294 g/mol. The molecule has 0 amide bonds. The zero-order chi connectivity index (χ0) is 16.0. The molecule has 21 heavy (non-hydrogen) atoms. The lowest BCUT2D eigenvalue weighted by atomic mass is 10.2. The van der Waals surface area contributed by atoms with Gasteiger partial charge in [-0.1, -0.05) is 25.4 Å². The second kappa shape index (κ2) is 7.50. The quantitative estimate of drug-likeness (QED) is 0.906. The average molecular weight is 310 g/mol. The van der Waals surface area contributed by atoms with Crippen molar-refractivity contribution in [2.24, 2.45) is 0 Å². The molecule has 2 rings (SSSR count). The second-order valence-corrected chi connectivity index (χ2v) is 4.37. The van der Waals surface area contributed by atoms with Crippen LogP contribution in [-0.4, -0.2) is 26.7 Å². The summed E-state index contributed by atoms with van der Waals surface area (Å²) in [6.07, 6.45) is 3.24. The fourth-order valence-corrected chi connectivity index (χ4v) is 1.92. The van der Waals surface area contributed by atoms with Gasteiger partial charge in [-0.05, 0) is 29.8 Å². The van der Waals surface area contributed by atoms with E-state index in [1.807, 2.05) is 13.8 Å². The SMILES string of the molecule is CC.O=C(O)Cc1ccn(-c2ccc(Cl)c(C(=O)O)c2)c1. The van der Waals surface area contributed by atoms with Crippen molar-refractivity contribution in [3.63, 3.8) is 0 Å². The first-order valence-electron chi connectivity index (χ1n) is 6.39. The van der Waals surface area contributed by atoms with Crippen LogP contribution in [0.3, 0.4) is 0 Å². The summed E-state index contributed by atoms with van der Waals surface area (Å²) in [6.45, 7) is 4.00. The van der Waals surface area contributed by atoms with Crippen LogP contribution in [0.2, 0.25) is 5.02 Å². The van der Waals surface area contributed by atoms with Crippen LogP contribution < -0.4 is 0 Å². The van der Waals surface area contributed by atoms with Crippen molar-refractivity contribution in [1.29, 1.82) is 0 Å². The third-order valence-corrected chi connectivity index (χ3v) is 2.92. The van der Waals surface area contributed by atoms with Crippen LogP contribution in [0.15, 0.2) is 36.7 Å². The highest BCUT2D eigenvalue weighted by atomic mass is 35.5. The third-order valence-electron chi connectivity index (χ3n) is 2.59. The number of carboxylic acids is 2. The van der Waals surface area contributed by atoms with E-state index in [1.54, 1.807) is 29.1 Å². The van der Waals surface area contributed by atoms with Crippen molar-refractivity contribution in [1.82, 2.24) is 4.57 Å². The van der Waals surface area contributed by atoms with Crippen LogP contribution in [-0.2, 0) is 11.2 Å². The van der Waals surface area contributed by atoms with Crippen molar-refractivity contribution < 1.29 is 19.8 Å². The highest BCUT2D eigenvalue weighted by molar-refractivity contribution is 6.33. The molecule has 0 bridgehead atoms. The molecule has 0 unspecified atom stereocenters. The van der Waals surface area contributed by atoms with E-state index in [0.29, 0.717) is 11.3 Å². The Hall–Kier alpha value is -2.27. The normalized spacial score (nSPS) is 9.67. The fraction of sp³-hybridized carbons (Fsp3) is 0.200. The Kier molecular flexibility index (Phi) is 5.99. The van der Waals surface area contributed by atoms with Gasteiger partial charge in [0.05, 0.1) is 17.0 Å². The molecule has 0 atom stereocenters.